The first-order valence-electron chi connectivity index (χ1n) is 11.9. The second-order valence-electron chi connectivity index (χ2n) is 8.89. The van der Waals surface area contributed by atoms with E-state index in [4.69, 9.17) is 9.72 Å². The van der Waals surface area contributed by atoms with Crippen LogP contribution in [0.25, 0.3) is 22.3 Å². The van der Waals surface area contributed by atoms with Gasteiger partial charge in [-0.1, -0.05) is 24.3 Å². The van der Waals surface area contributed by atoms with Crippen LogP contribution in [0.5, 0.6) is 0 Å². The maximum atomic E-state index is 12.8. The lowest BCUT2D eigenvalue weighted by Crippen LogP contribution is -2.49. The van der Waals surface area contributed by atoms with Gasteiger partial charge in [0.2, 0.25) is 0 Å². The van der Waals surface area contributed by atoms with Crippen molar-refractivity contribution < 1.29 is 18.3 Å². The van der Waals surface area contributed by atoms with Gasteiger partial charge in [-0.2, -0.15) is 8.78 Å². The number of pyridine rings is 1. The molecule has 2 saturated heterocycles. The lowest BCUT2D eigenvalue weighted by molar-refractivity contribution is -0.149. The molecular weight excluding hydrogens is 454 g/mol. The number of hydrogen-bond acceptors (Lipinski definition) is 7. The van der Waals surface area contributed by atoms with Crippen molar-refractivity contribution in [3.63, 3.8) is 0 Å². The van der Waals surface area contributed by atoms with E-state index in [-0.39, 0.29) is 19.7 Å². The van der Waals surface area contributed by atoms with E-state index in [2.05, 4.69) is 44.9 Å². The van der Waals surface area contributed by atoms with Gasteiger partial charge in [-0.25, -0.2) is 9.97 Å². The van der Waals surface area contributed by atoms with Gasteiger partial charge in [-0.15, -0.1) is 0 Å². The van der Waals surface area contributed by atoms with Gasteiger partial charge in [-0.3, -0.25) is 9.78 Å². The highest BCUT2D eigenvalue weighted by Crippen LogP contribution is 2.29. The van der Waals surface area contributed by atoms with Crippen LogP contribution >= 0.6 is 0 Å². The summed E-state index contributed by atoms with van der Waals surface area (Å²) >= 11 is 0. The minimum Gasteiger partial charge on any atom is -0.373 e. The van der Waals surface area contributed by atoms with Crippen molar-refractivity contribution in [3.05, 3.63) is 48.3 Å². The minimum atomic E-state index is -3.01. The van der Waals surface area contributed by atoms with Crippen LogP contribution in [0, 0.1) is 0 Å². The Morgan fingerprint density at radius 3 is 2.71 bits per heavy atom. The molecule has 1 aromatic carbocycles. The number of nitrogens with one attached hydrogen (secondary N) is 2. The molecule has 0 aliphatic carbocycles. The molecule has 1 atom stereocenters. The number of amides is 1. The van der Waals surface area contributed by atoms with E-state index in [0.717, 1.165) is 42.1 Å². The molecule has 0 saturated carbocycles. The summed E-state index contributed by atoms with van der Waals surface area (Å²) in [5.41, 5.74) is 4.38. The lowest BCUT2D eigenvalue weighted by Gasteiger charge is -2.32. The molecule has 0 radical (unpaired) electrons. The van der Waals surface area contributed by atoms with Gasteiger partial charge in [0.1, 0.15) is 5.52 Å². The van der Waals surface area contributed by atoms with Crippen LogP contribution in [-0.2, 0) is 9.53 Å². The van der Waals surface area contributed by atoms with Gasteiger partial charge >= 0.3 is 6.43 Å². The molecule has 2 N–H and O–H groups in total. The molecule has 10 heteroatoms. The number of morpholine rings is 1. The number of rotatable bonds is 6. The van der Waals surface area contributed by atoms with Crippen molar-refractivity contribution in [2.45, 2.75) is 31.3 Å². The Labute approximate surface area is 202 Å². The normalized spacial score (nSPS) is 19.3. The Hall–Kier alpha value is -3.24. The molecule has 1 amide bonds. The third kappa shape index (κ3) is 5.38. The molecule has 184 valence electrons. The maximum absolute atomic E-state index is 12.8. The summed E-state index contributed by atoms with van der Waals surface area (Å²) in [5, 5.41) is 6.65. The number of benzene rings is 1. The molecule has 35 heavy (non-hydrogen) atoms. The van der Waals surface area contributed by atoms with Gasteiger partial charge in [-0.05, 0) is 43.5 Å². The Kier molecular flexibility index (Phi) is 7.10. The van der Waals surface area contributed by atoms with Crippen LogP contribution in [0.1, 0.15) is 24.3 Å². The maximum Gasteiger partial charge on any atom is 0.315 e. The first-order valence-corrected chi connectivity index (χ1v) is 11.9. The lowest BCUT2D eigenvalue weighted by atomic mass is 9.89. The molecule has 5 rings (SSSR count). The summed E-state index contributed by atoms with van der Waals surface area (Å²) in [6, 6.07) is 10.4. The van der Waals surface area contributed by atoms with E-state index in [0.29, 0.717) is 29.3 Å². The van der Waals surface area contributed by atoms with E-state index < -0.39 is 18.4 Å². The smallest absolute Gasteiger partial charge is 0.315 e. The topological polar surface area (TPSA) is 92.3 Å². The molecule has 2 fully saturated rings. The molecule has 3 aromatic rings. The van der Waals surface area contributed by atoms with E-state index in [1.165, 1.54) is 5.56 Å². The fourth-order valence-electron chi connectivity index (χ4n) is 4.72. The third-order valence-corrected chi connectivity index (χ3v) is 6.61. The van der Waals surface area contributed by atoms with E-state index in [1.807, 2.05) is 6.07 Å². The summed E-state index contributed by atoms with van der Waals surface area (Å²) in [7, 11) is 0. The Morgan fingerprint density at radius 2 is 1.94 bits per heavy atom. The number of ether oxygens (including phenoxy) is 1. The minimum absolute atomic E-state index is 0.0949. The zero-order valence-corrected chi connectivity index (χ0v) is 19.3. The second-order valence-corrected chi connectivity index (χ2v) is 8.89. The van der Waals surface area contributed by atoms with E-state index >= 15 is 0 Å². The Morgan fingerprint density at radius 1 is 1.17 bits per heavy atom. The standard InChI is InChI=1S/C25H28F2N6O2/c26-23(27)25(34)33-11-12-35-19(15-33)14-31-24-22-21(29-9-10-30-22)13-20(32-24)18-3-1-16(2-4-18)17-5-7-28-8-6-17/h1-4,9-10,13,17,19,23,28H,5-8,11-12,14-15H2,(H,31,32). The van der Waals surface area contributed by atoms with Crippen LogP contribution in [0.2, 0.25) is 0 Å². The van der Waals surface area contributed by atoms with Gasteiger partial charge in [0, 0.05) is 37.6 Å². The van der Waals surface area contributed by atoms with Crippen LogP contribution < -0.4 is 10.6 Å². The average molecular weight is 483 g/mol. The number of fused-ring (bicyclic) bond motifs is 1. The Bertz CT molecular complexity index is 1170. The van der Waals surface area contributed by atoms with Gasteiger partial charge in [0.25, 0.3) is 5.91 Å². The number of halogens is 2. The largest absolute Gasteiger partial charge is 0.373 e. The van der Waals surface area contributed by atoms with Crippen LogP contribution in [-0.4, -0.2) is 77.6 Å². The molecule has 1 unspecified atom stereocenters. The summed E-state index contributed by atoms with van der Waals surface area (Å²) in [6.45, 7) is 2.86. The summed E-state index contributed by atoms with van der Waals surface area (Å²) in [6.07, 6.45) is 2.06. The van der Waals surface area contributed by atoms with E-state index in [1.54, 1.807) is 12.4 Å². The summed E-state index contributed by atoms with van der Waals surface area (Å²) < 4.78 is 31.3. The van der Waals surface area contributed by atoms with Crippen molar-refractivity contribution in [3.8, 4) is 11.3 Å². The fraction of sp³-hybridized carbons (Fsp3) is 0.440. The highest BCUT2D eigenvalue weighted by atomic mass is 19.3. The highest BCUT2D eigenvalue weighted by molar-refractivity contribution is 5.88. The highest BCUT2D eigenvalue weighted by Gasteiger charge is 2.29. The number of piperidine rings is 1. The van der Waals surface area contributed by atoms with Crippen LogP contribution in [0.15, 0.2) is 42.7 Å². The molecular formula is C25H28F2N6O2. The fourth-order valence-corrected chi connectivity index (χ4v) is 4.72. The van der Waals surface area contributed by atoms with Crippen LogP contribution in [0.3, 0.4) is 0 Å². The molecule has 2 aromatic heterocycles. The van der Waals surface area contributed by atoms with Gasteiger partial charge < -0.3 is 20.3 Å². The number of carbonyl (C=O) groups excluding carboxylic acids is 1. The van der Waals surface area contributed by atoms with Gasteiger partial charge in [0.05, 0.1) is 23.9 Å². The first kappa shape index (κ1) is 23.5. The van der Waals surface area contributed by atoms with Crippen molar-refractivity contribution in [2.24, 2.45) is 0 Å². The van der Waals surface area contributed by atoms with Crippen molar-refractivity contribution in [2.75, 3.05) is 44.6 Å². The second kappa shape index (κ2) is 10.6. The summed E-state index contributed by atoms with van der Waals surface area (Å²) in [5.74, 6) is -0.0541. The SMILES string of the molecule is O=C(C(F)F)N1CCOC(CNc2nc(-c3ccc(C4CCNCC4)cc3)cc3nccnc23)C1. The Balaban J connectivity index is 1.35. The number of alkyl halides is 2. The predicted octanol–water partition coefficient (Wildman–Crippen LogP) is 3.06. The van der Waals surface area contributed by atoms with E-state index in [9.17, 15) is 13.6 Å². The number of anilines is 1. The van der Waals surface area contributed by atoms with Crippen molar-refractivity contribution in [1.29, 1.82) is 0 Å². The summed E-state index contributed by atoms with van der Waals surface area (Å²) in [4.78, 5) is 26.5. The van der Waals surface area contributed by atoms with Crippen molar-refractivity contribution in [1.82, 2.24) is 25.2 Å². The zero-order chi connectivity index (χ0) is 24.2. The molecule has 0 bridgehead atoms. The number of hydrogen-bond donors (Lipinski definition) is 2. The van der Waals surface area contributed by atoms with Crippen LogP contribution in [0.4, 0.5) is 14.6 Å². The molecule has 2 aliphatic heterocycles. The average Bonchev–Trinajstić information content (AvgIpc) is 2.92. The monoisotopic (exact) mass is 482 g/mol. The third-order valence-electron chi connectivity index (χ3n) is 6.61. The van der Waals surface area contributed by atoms with Gasteiger partial charge in [0.15, 0.2) is 5.82 Å². The molecule has 0 spiro atoms. The molecule has 8 nitrogen and oxygen atoms in total. The number of carbonyl (C=O) groups is 1. The number of aromatic nitrogens is 3. The number of nitrogens with zero attached hydrogens (tertiary/aromatic N) is 4. The quantitative estimate of drug-likeness (QED) is 0.558. The molecule has 2 aliphatic rings. The zero-order valence-electron chi connectivity index (χ0n) is 19.3. The van der Waals surface area contributed by atoms with Crippen molar-refractivity contribution >= 4 is 22.8 Å². The first-order chi connectivity index (χ1) is 17.1. The molecule has 4 heterocycles. The predicted molar refractivity (Wildman–Crippen MR) is 128 cm³/mol.